The van der Waals surface area contributed by atoms with Gasteiger partial charge in [-0.15, -0.1) is 0 Å². The number of nitrogens with one attached hydrogen (secondary N) is 1. The fourth-order valence-electron chi connectivity index (χ4n) is 4.96. The van der Waals surface area contributed by atoms with Crippen LogP contribution in [-0.4, -0.2) is 42.6 Å². The molecule has 5 heteroatoms. The summed E-state index contributed by atoms with van der Waals surface area (Å²) in [4.78, 5) is 27.6. The second kappa shape index (κ2) is 7.47. The molecule has 2 fully saturated rings. The second-order valence-electron chi connectivity index (χ2n) is 8.32. The molecular weight excluding hydrogens is 338 g/mol. The van der Waals surface area contributed by atoms with E-state index in [0.717, 1.165) is 13.0 Å². The Hall–Kier alpha value is -2.14. The van der Waals surface area contributed by atoms with Crippen LogP contribution in [0.5, 0.6) is 0 Å². The van der Waals surface area contributed by atoms with E-state index in [-0.39, 0.29) is 23.0 Å². The van der Waals surface area contributed by atoms with E-state index in [1.54, 1.807) is 24.3 Å². The van der Waals surface area contributed by atoms with Gasteiger partial charge in [0.15, 0.2) is 0 Å². The average molecular weight is 367 g/mol. The molecule has 0 bridgehead atoms. The highest BCUT2D eigenvalue weighted by atomic mass is 16.1. The predicted molar refractivity (Wildman–Crippen MR) is 106 cm³/mol. The van der Waals surface area contributed by atoms with Crippen molar-refractivity contribution in [2.24, 2.45) is 11.1 Å². The van der Waals surface area contributed by atoms with Crippen molar-refractivity contribution in [2.75, 3.05) is 26.2 Å². The first-order valence-electron chi connectivity index (χ1n) is 10.2. The van der Waals surface area contributed by atoms with Crippen LogP contribution in [0.2, 0.25) is 0 Å². The summed E-state index contributed by atoms with van der Waals surface area (Å²) in [6, 6.07) is 6.88. The zero-order valence-corrected chi connectivity index (χ0v) is 15.9. The molecular formula is C22H29N3O2. The summed E-state index contributed by atoms with van der Waals surface area (Å²) in [5.41, 5.74) is 7.76. The Balaban J connectivity index is 1.28. The van der Waals surface area contributed by atoms with Crippen LogP contribution in [-0.2, 0) is 0 Å². The fourth-order valence-corrected chi connectivity index (χ4v) is 4.96. The van der Waals surface area contributed by atoms with Gasteiger partial charge in [-0.2, -0.15) is 0 Å². The molecule has 1 aromatic rings. The van der Waals surface area contributed by atoms with Crippen LogP contribution in [0.3, 0.4) is 0 Å². The fraction of sp³-hybridized carbons (Fsp3) is 0.545. The Bertz CT molecular complexity index is 768. The maximum Gasteiger partial charge on any atom is 0.211 e. The first-order valence-corrected chi connectivity index (χ1v) is 10.2. The molecule has 27 heavy (non-hydrogen) atoms. The predicted octanol–water partition coefficient (Wildman–Crippen LogP) is 2.87. The van der Waals surface area contributed by atoms with Gasteiger partial charge in [-0.1, -0.05) is 37.1 Å². The van der Waals surface area contributed by atoms with Gasteiger partial charge in [0.1, 0.15) is 11.4 Å². The van der Waals surface area contributed by atoms with E-state index in [4.69, 9.17) is 5.73 Å². The van der Waals surface area contributed by atoms with Crippen LogP contribution in [0.15, 0.2) is 35.7 Å². The normalized spacial score (nSPS) is 22.4. The summed E-state index contributed by atoms with van der Waals surface area (Å²) < 4.78 is 0. The SMILES string of the molecule is NC1=C(NCCCN2CCC3(CCCC3)CC2)C(=O)c2ccccc2C1=O. The molecule has 0 amide bonds. The van der Waals surface area contributed by atoms with Gasteiger partial charge in [0.05, 0.1) is 0 Å². The van der Waals surface area contributed by atoms with Crippen molar-refractivity contribution in [3.63, 3.8) is 0 Å². The number of nitrogens with two attached hydrogens (primary N) is 1. The van der Waals surface area contributed by atoms with Gasteiger partial charge in [-0.25, -0.2) is 0 Å². The lowest BCUT2D eigenvalue weighted by atomic mass is 9.77. The van der Waals surface area contributed by atoms with Gasteiger partial charge in [-0.05, 0) is 57.2 Å². The molecule has 3 aliphatic rings. The van der Waals surface area contributed by atoms with Gasteiger partial charge in [0, 0.05) is 17.7 Å². The Morgan fingerprint density at radius 2 is 1.59 bits per heavy atom. The third-order valence-electron chi connectivity index (χ3n) is 6.69. The van der Waals surface area contributed by atoms with Crippen LogP contribution < -0.4 is 11.1 Å². The van der Waals surface area contributed by atoms with Crippen LogP contribution in [0.25, 0.3) is 0 Å². The monoisotopic (exact) mass is 367 g/mol. The second-order valence-corrected chi connectivity index (χ2v) is 8.32. The molecule has 1 saturated heterocycles. The number of likely N-dealkylation sites (tertiary alicyclic amines) is 1. The van der Waals surface area contributed by atoms with Gasteiger partial charge in [-0.3, -0.25) is 9.59 Å². The molecule has 1 aromatic carbocycles. The van der Waals surface area contributed by atoms with Crippen molar-refractivity contribution in [1.82, 2.24) is 10.2 Å². The zero-order chi connectivity index (χ0) is 18.9. The molecule has 3 N–H and O–H groups in total. The molecule has 1 spiro atoms. The highest BCUT2D eigenvalue weighted by molar-refractivity contribution is 6.26. The van der Waals surface area contributed by atoms with Crippen molar-refractivity contribution in [3.8, 4) is 0 Å². The number of rotatable bonds is 5. The summed E-state index contributed by atoms with van der Waals surface area (Å²) in [7, 11) is 0. The van der Waals surface area contributed by atoms with Crippen LogP contribution in [0, 0.1) is 5.41 Å². The topological polar surface area (TPSA) is 75.4 Å². The minimum Gasteiger partial charge on any atom is -0.394 e. The number of nitrogens with zero attached hydrogens (tertiary/aromatic N) is 1. The van der Waals surface area contributed by atoms with Crippen molar-refractivity contribution >= 4 is 11.6 Å². The summed E-state index contributed by atoms with van der Waals surface area (Å²) in [6.07, 6.45) is 9.28. The number of piperidine rings is 1. The lowest BCUT2D eigenvalue weighted by molar-refractivity contribution is 0.0965. The zero-order valence-electron chi connectivity index (χ0n) is 15.9. The van der Waals surface area contributed by atoms with E-state index in [9.17, 15) is 9.59 Å². The third-order valence-corrected chi connectivity index (χ3v) is 6.69. The summed E-state index contributed by atoms with van der Waals surface area (Å²) in [6.45, 7) is 4.05. The number of hydrogen-bond donors (Lipinski definition) is 2. The average Bonchev–Trinajstić information content (AvgIpc) is 3.15. The molecule has 0 unspecified atom stereocenters. The number of hydrogen-bond acceptors (Lipinski definition) is 5. The lowest BCUT2D eigenvalue weighted by Crippen LogP contribution is -2.40. The van der Waals surface area contributed by atoms with E-state index >= 15 is 0 Å². The quantitative estimate of drug-likeness (QED) is 0.783. The lowest BCUT2D eigenvalue weighted by Gasteiger charge is -2.39. The minimum absolute atomic E-state index is 0.0415. The highest BCUT2D eigenvalue weighted by Gasteiger charge is 2.36. The first-order chi connectivity index (χ1) is 13.1. The molecule has 1 aliphatic heterocycles. The molecule has 1 saturated carbocycles. The Labute approximate surface area is 161 Å². The van der Waals surface area contributed by atoms with Gasteiger partial charge in [0.25, 0.3) is 0 Å². The Kier molecular flexibility index (Phi) is 5.04. The largest absolute Gasteiger partial charge is 0.394 e. The van der Waals surface area contributed by atoms with E-state index < -0.39 is 0 Å². The molecule has 2 aliphatic carbocycles. The van der Waals surface area contributed by atoms with Gasteiger partial charge >= 0.3 is 0 Å². The number of fused-ring (bicyclic) bond motifs is 1. The molecule has 5 nitrogen and oxygen atoms in total. The molecule has 0 atom stereocenters. The standard InChI is InChI=1S/C22H29N3O2/c23-18-19(21(27)17-7-2-1-6-16(17)20(18)26)24-12-5-13-25-14-10-22(11-15-25)8-3-4-9-22/h1-2,6-7,24H,3-5,8-15,23H2. The molecule has 0 radical (unpaired) electrons. The van der Waals surface area contributed by atoms with E-state index in [1.807, 2.05) is 0 Å². The van der Waals surface area contributed by atoms with Gasteiger partial charge in [0.2, 0.25) is 11.6 Å². The number of carbonyl (C=O) groups excluding carboxylic acids is 2. The van der Waals surface area contributed by atoms with E-state index in [2.05, 4.69) is 10.2 Å². The molecule has 4 rings (SSSR count). The summed E-state index contributed by atoms with van der Waals surface area (Å²) >= 11 is 0. The maximum absolute atomic E-state index is 12.6. The molecule has 0 aromatic heterocycles. The Morgan fingerprint density at radius 1 is 0.963 bits per heavy atom. The number of allylic oxidation sites excluding steroid dienone is 2. The molecule has 144 valence electrons. The van der Waals surface area contributed by atoms with E-state index in [0.29, 0.717) is 23.1 Å². The van der Waals surface area contributed by atoms with Crippen molar-refractivity contribution in [3.05, 3.63) is 46.8 Å². The van der Waals surface area contributed by atoms with Crippen LogP contribution in [0.4, 0.5) is 0 Å². The van der Waals surface area contributed by atoms with Crippen LogP contribution in [0.1, 0.15) is 65.7 Å². The minimum atomic E-state index is -0.259. The number of benzene rings is 1. The van der Waals surface area contributed by atoms with Gasteiger partial charge < -0.3 is 16.0 Å². The summed E-state index contributed by atoms with van der Waals surface area (Å²) in [5.74, 6) is -0.436. The third kappa shape index (κ3) is 3.53. The summed E-state index contributed by atoms with van der Waals surface area (Å²) in [5, 5.41) is 3.14. The maximum atomic E-state index is 12.6. The smallest absolute Gasteiger partial charge is 0.211 e. The highest BCUT2D eigenvalue weighted by Crippen LogP contribution is 2.46. The Morgan fingerprint density at radius 3 is 2.26 bits per heavy atom. The number of Topliss-reactive ketones (excluding diaryl/α,β-unsaturated/α-hetero) is 2. The van der Waals surface area contributed by atoms with Crippen molar-refractivity contribution < 1.29 is 9.59 Å². The van der Waals surface area contributed by atoms with Crippen molar-refractivity contribution in [1.29, 1.82) is 0 Å². The number of ketones is 2. The first kappa shape index (κ1) is 18.2. The van der Waals surface area contributed by atoms with Crippen LogP contribution >= 0.6 is 0 Å². The van der Waals surface area contributed by atoms with Crippen molar-refractivity contribution in [2.45, 2.75) is 44.9 Å². The van der Waals surface area contributed by atoms with E-state index in [1.165, 1.54) is 51.6 Å². The molecule has 1 heterocycles. The number of carbonyl (C=O) groups is 2.